The lowest BCUT2D eigenvalue weighted by molar-refractivity contribution is 0.0671. The van der Waals surface area contributed by atoms with Crippen LogP contribution in [0, 0.1) is 5.82 Å². The second-order valence-corrected chi connectivity index (χ2v) is 7.75. The van der Waals surface area contributed by atoms with Crippen LogP contribution in [0.3, 0.4) is 0 Å². The van der Waals surface area contributed by atoms with Gasteiger partial charge in [-0.3, -0.25) is 9.52 Å². The van der Waals surface area contributed by atoms with Crippen molar-refractivity contribution in [3.05, 3.63) is 65.5 Å². The van der Waals surface area contributed by atoms with E-state index in [1.807, 2.05) is 6.07 Å². The standard InChI is InChI=1S/C20H23FN2OS/c1-20(15-6-4-3-5-7-15)10-12-23(13-11-20)19(24)17-14-16(25-22-2)8-9-18(17)21/h3-9,14,22H,10-13H2,1-2H3. The van der Waals surface area contributed by atoms with Gasteiger partial charge in [-0.2, -0.15) is 0 Å². The van der Waals surface area contributed by atoms with Gasteiger partial charge in [0.25, 0.3) is 5.91 Å². The number of hydrogen-bond donors (Lipinski definition) is 1. The van der Waals surface area contributed by atoms with Crippen molar-refractivity contribution in [2.75, 3.05) is 20.1 Å². The highest BCUT2D eigenvalue weighted by atomic mass is 32.2. The van der Waals surface area contributed by atoms with Crippen LogP contribution < -0.4 is 4.72 Å². The Morgan fingerprint density at radius 3 is 2.48 bits per heavy atom. The van der Waals surface area contributed by atoms with Gasteiger partial charge in [0.2, 0.25) is 0 Å². The molecule has 1 fully saturated rings. The third-order valence-corrected chi connectivity index (χ3v) is 5.71. The zero-order valence-corrected chi connectivity index (χ0v) is 15.4. The minimum Gasteiger partial charge on any atom is -0.338 e. The van der Waals surface area contributed by atoms with E-state index in [1.165, 1.54) is 23.6 Å². The molecule has 0 aromatic heterocycles. The molecule has 1 heterocycles. The summed E-state index contributed by atoms with van der Waals surface area (Å²) < 4.78 is 17.1. The minimum atomic E-state index is -0.457. The average molecular weight is 358 g/mol. The van der Waals surface area contributed by atoms with Crippen LogP contribution in [0.1, 0.15) is 35.7 Å². The maximum atomic E-state index is 14.2. The first kappa shape index (κ1) is 18.0. The summed E-state index contributed by atoms with van der Waals surface area (Å²) in [6, 6.07) is 15.1. The van der Waals surface area contributed by atoms with E-state index in [0.29, 0.717) is 13.1 Å². The Kier molecular flexibility index (Phi) is 5.45. The van der Waals surface area contributed by atoms with E-state index in [2.05, 4.69) is 35.9 Å². The molecule has 1 aliphatic rings. The van der Waals surface area contributed by atoms with E-state index >= 15 is 0 Å². The van der Waals surface area contributed by atoms with Gasteiger partial charge >= 0.3 is 0 Å². The molecule has 2 aromatic rings. The molecule has 0 spiro atoms. The van der Waals surface area contributed by atoms with Gasteiger partial charge < -0.3 is 4.90 Å². The number of benzene rings is 2. The predicted octanol–water partition coefficient (Wildman–Crippen LogP) is 4.25. The smallest absolute Gasteiger partial charge is 0.256 e. The first-order chi connectivity index (χ1) is 12.0. The van der Waals surface area contributed by atoms with Crippen molar-refractivity contribution in [2.45, 2.75) is 30.1 Å². The highest BCUT2D eigenvalue weighted by molar-refractivity contribution is 7.97. The Bertz CT molecular complexity index is 743. The zero-order chi connectivity index (χ0) is 17.9. The van der Waals surface area contributed by atoms with Crippen molar-refractivity contribution in [1.82, 2.24) is 9.62 Å². The first-order valence-electron chi connectivity index (χ1n) is 8.51. The molecular formula is C20H23FN2OS. The molecule has 0 unspecified atom stereocenters. The Hall–Kier alpha value is -1.85. The number of halogens is 1. The quantitative estimate of drug-likeness (QED) is 0.830. The van der Waals surface area contributed by atoms with Gasteiger partial charge in [0, 0.05) is 18.0 Å². The molecule has 3 rings (SSSR count). The van der Waals surface area contributed by atoms with Crippen LogP contribution in [0.2, 0.25) is 0 Å². The second kappa shape index (κ2) is 7.58. The van der Waals surface area contributed by atoms with Crippen molar-refractivity contribution >= 4 is 17.9 Å². The number of nitrogens with zero attached hydrogens (tertiary/aromatic N) is 1. The maximum absolute atomic E-state index is 14.2. The van der Waals surface area contributed by atoms with Crippen LogP contribution >= 0.6 is 11.9 Å². The van der Waals surface area contributed by atoms with Crippen LogP contribution in [-0.2, 0) is 5.41 Å². The normalized spacial score (nSPS) is 16.7. The summed E-state index contributed by atoms with van der Waals surface area (Å²) >= 11 is 1.37. The van der Waals surface area contributed by atoms with Crippen LogP contribution in [0.5, 0.6) is 0 Å². The molecule has 0 radical (unpaired) electrons. The molecule has 1 saturated heterocycles. The lowest BCUT2D eigenvalue weighted by atomic mass is 9.74. The van der Waals surface area contributed by atoms with Gasteiger partial charge in [0.15, 0.2) is 0 Å². The molecular weight excluding hydrogens is 335 g/mol. The van der Waals surface area contributed by atoms with Gasteiger partial charge in [0.05, 0.1) is 5.56 Å². The summed E-state index contributed by atoms with van der Waals surface area (Å²) in [7, 11) is 1.80. The van der Waals surface area contributed by atoms with E-state index in [1.54, 1.807) is 24.1 Å². The van der Waals surface area contributed by atoms with Crippen molar-refractivity contribution in [1.29, 1.82) is 0 Å². The van der Waals surface area contributed by atoms with Crippen molar-refractivity contribution < 1.29 is 9.18 Å². The van der Waals surface area contributed by atoms with Crippen LogP contribution in [0.4, 0.5) is 4.39 Å². The number of carbonyl (C=O) groups excluding carboxylic acids is 1. The SMILES string of the molecule is CNSc1ccc(F)c(C(=O)N2CCC(C)(c3ccccc3)CC2)c1. The maximum Gasteiger partial charge on any atom is 0.256 e. The average Bonchev–Trinajstić information content (AvgIpc) is 2.64. The summed E-state index contributed by atoms with van der Waals surface area (Å²) in [5.74, 6) is -0.673. The fraction of sp³-hybridized carbons (Fsp3) is 0.350. The van der Waals surface area contributed by atoms with Crippen molar-refractivity contribution in [3.8, 4) is 0 Å². The number of hydrogen-bond acceptors (Lipinski definition) is 3. The van der Waals surface area contributed by atoms with Gasteiger partial charge in [-0.15, -0.1) is 0 Å². The van der Waals surface area contributed by atoms with Crippen molar-refractivity contribution in [2.24, 2.45) is 0 Å². The highest BCUT2D eigenvalue weighted by Gasteiger charge is 2.34. The number of likely N-dealkylation sites (tertiary alicyclic amines) is 1. The molecule has 1 N–H and O–H groups in total. The number of rotatable bonds is 4. The lowest BCUT2D eigenvalue weighted by Gasteiger charge is -2.40. The molecule has 25 heavy (non-hydrogen) atoms. The largest absolute Gasteiger partial charge is 0.338 e. The predicted molar refractivity (Wildman–Crippen MR) is 100 cm³/mol. The van der Waals surface area contributed by atoms with E-state index in [-0.39, 0.29) is 16.9 Å². The fourth-order valence-corrected chi connectivity index (χ4v) is 3.90. The van der Waals surface area contributed by atoms with E-state index < -0.39 is 5.82 Å². The molecule has 0 aliphatic carbocycles. The number of nitrogens with one attached hydrogen (secondary N) is 1. The second-order valence-electron chi connectivity index (χ2n) is 6.67. The topological polar surface area (TPSA) is 32.3 Å². The number of carbonyl (C=O) groups is 1. The molecule has 3 nitrogen and oxygen atoms in total. The van der Waals surface area contributed by atoms with E-state index in [9.17, 15) is 9.18 Å². The number of piperidine rings is 1. The van der Waals surface area contributed by atoms with Crippen molar-refractivity contribution in [3.63, 3.8) is 0 Å². The molecule has 2 aromatic carbocycles. The summed E-state index contributed by atoms with van der Waals surface area (Å²) in [6.07, 6.45) is 1.77. The van der Waals surface area contributed by atoms with Crippen LogP contribution in [-0.4, -0.2) is 30.9 Å². The monoisotopic (exact) mass is 358 g/mol. The molecule has 132 valence electrons. The number of amides is 1. The molecule has 0 bridgehead atoms. The molecule has 0 atom stereocenters. The van der Waals surface area contributed by atoms with E-state index in [4.69, 9.17) is 0 Å². The third kappa shape index (κ3) is 3.88. The summed E-state index contributed by atoms with van der Waals surface area (Å²) in [5, 5.41) is 0. The molecule has 0 saturated carbocycles. The summed E-state index contributed by atoms with van der Waals surface area (Å²) in [5.41, 5.74) is 1.53. The van der Waals surface area contributed by atoms with Crippen LogP contribution in [0.15, 0.2) is 53.4 Å². The zero-order valence-electron chi connectivity index (χ0n) is 14.6. The van der Waals surface area contributed by atoms with Gasteiger partial charge in [-0.25, -0.2) is 4.39 Å². The van der Waals surface area contributed by atoms with Gasteiger partial charge in [-0.1, -0.05) is 37.3 Å². The lowest BCUT2D eigenvalue weighted by Crippen LogP contribution is -2.44. The minimum absolute atomic E-state index is 0.0699. The van der Waals surface area contributed by atoms with Gasteiger partial charge in [-0.05, 0) is 61.0 Å². The van der Waals surface area contributed by atoms with Crippen LogP contribution in [0.25, 0.3) is 0 Å². The molecule has 1 aliphatic heterocycles. The third-order valence-electron chi connectivity index (χ3n) is 5.01. The van der Waals surface area contributed by atoms with Gasteiger partial charge in [0.1, 0.15) is 5.82 Å². The summed E-state index contributed by atoms with van der Waals surface area (Å²) in [4.78, 5) is 15.4. The molecule has 5 heteroatoms. The Labute approximate surface area is 152 Å². The Morgan fingerprint density at radius 1 is 1.16 bits per heavy atom. The fourth-order valence-electron chi connectivity index (χ4n) is 3.35. The Morgan fingerprint density at radius 2 is 1.84 bits per heavy atom. The highest BCUT2D eigenvalue weighted by Crippen LogP contribution is 2.35. The molecule has 1 amide bonds. The Balaban J connectivity index is 1.73. The summed E-state index contributed by atoms with van der Waals surface area (Å²) in [6.45, 7) is 3.54. The first-order valence-corrected chi connectivity index (χ1v) is 9.33. The van der Waals surface area contributed by atoms with E-state index in [0.717, 1.165) is 17.7 Å².